The Morgan fingerprint density at radius 3 is 2.53 bits per heavy atom. The van der Waals surface area contributed by atoms with E-state index in [0.29, 0.717) is 23.7 Å². The highest BCUT2D eigenvalue weighted by atomic mass is 32.2. The lowest BCUT2D eigenvalue weighted by molar-refractivity contribution is -0.113. The first-order valence-electron chi connectivity index (χ1n) is 10.1. The second kappa shape index (κ2) is 8.83. The number of ether oxygens (including phenoxy) is 1. The van der Waals surface area contributed by atoms with E-state index < -0.39 is 0 Å². The molecule has 0 bridgehead atoms. The van der Waals surface area contributed by atoms with Crippen LogP contribution in [0.3, 0.4) is 0 Å². The molecule has 7 heteroatoms. The van der Waals surface area contributed by atoms with Crippen LogP contribution in [0.2, 0.25) is 0 Å². The van der Waals surface area contributed by atoms with Crippen LogP contribution in [0.25, 0.3) is 0 Å². The van der Waals surface area contributed by atoms with Crippen molar-refractivity contribution in [1.29, 1.82) is 0 Å². The highest BCUT2D eigenvalue weighted by Gasteiger charge is 2.30. The molecule has 3 aromatic rings. The highest BCUT2D eigenvalue weighted by Crippen LogP contribution is 2.40. The molecule has 1 atom stereocenters. The Bertz CT molecular complexity index is 1070. The summed E-state index contributed by atoms with van der Waals surface area (Å²) in [7, 11) is 0. The van der Waals surface area contributed by atoms with Crippen LogP contribution in [0.1, 0.15) is 41.8 Å². The Labute approximate surface area is 179 Å². The molecule has 6 nitrogen and oxygen atoms in total. The summed E-state index contributed by atoms with van der Waals surface area (Å²) in [4.78, 5) is 24.9. The van der Waals surface area contributed by atoms with Crippen LogP contribution in [0.4, 0.5) is 5.82 Å². The number of H-pyrrole nitrogens is 1. The van der Waals surface area contributed by atoms with Crippen molar-refractivity contribution in [3.63, 3.8) is 0 Å². The number of aromatic nitrogens is 2. The predicted octanol–water partition coefficient (Wildman–Crippen LogP) is 4.15. The van der Waals surface area contributed by atoms with Gasteiger partial charge in [-0.3, -0.25) is 19.4 Å². The molecule has 0 saturated carbocycles. The minimum atomic E-state index is -0.221. The van der Waals surface area contributed by atoms with Crippen molar-refractivity contribution in [1.82, 2.24) is 9.78 Å². The molecule has 4 rings (SSSR count). The van der Waals surface area contributed by atoms with Crippen molar-refractivity contribution in [2.24, 2.45) is 0 Å². The van der Waals surface area contributed by atoms with Gasteiger partial charge in [-0.2, -0.15) is 0 Å². The number of rotatable bonds is 6. The van der Waals surface area contributed by atoms with Crippen LogP contribution >= 0.6 is 11.8 Å². The minimum Gasteiger partial charge on any atom is -0.493 e. The molecule has 0 spiro atoms. The Morgan fingerprint density at radius 2 is 1.83 bits per heavy atom. The Balaban J connectivity index is 1.53. The molecule has 0 fully saturated rings. The Kier molecular flexibility index (Phi) is 5.99. The fourth-order valence-electron chi connectivity index (χ4n) is 3.56. The van der Waals surface area contributed by atoms with Crippen LogP contribution < -0.4 is 15.6 Å². The molecule has 0 radical (unpaired) electrons. The summed E-state index contributed by atoms with van der Waals surface area (Å²) in [5.41, 5.74) is 2.64. The average molecular weight is 424 g/mol. The largest absolute Gasteiger partial charge is 0.493 e. The predicted molar refractivity (Wildman–Crippen MR) is 120 cm³/mol. The van der Waals surface area contributed by atoms with E-state index in [2.05, 4.69) is 22.5 Å². The van der Waals surface area contributed by atoms with Gasteiger partial charge in [0.1, 0.15) is 11.6 Å². The molecule has 0 saturated heterocycles. The fraction of sp³-hybridized carbons (Fsp3) is 0.304. The molecule has 2 heterocycles. The van der Waals surface area contributed by atoms with Gasteiger partial charge in [0.05, 0.1) is 23.2 Å². The minimum absolute atomic E-state index is 0.0332. The van der Waals surface area contributed by atoms with Gasteiger partial charge >= 0.3 is 0 Å². The lowest BCUT2D eigenvalue weighted by Crippen LogP contribution is -2.17. The normalized spacial score (nSPS) is 16.1. The summed E-state index contributed by atoms with van der Waals surface area (Å²) in [6.45, 7) is 4.54. The number of fused-ring (bicyclic) bond motifs is 1. The van der Waals surface area contributed by atoms with E-state index >= 15 is 0 Å². The maximum Gasteiger partial charge on any atom is 0.270 e. The molecule has 30 heavy (non-hydrogen) atoms. The zero-order chi connectivity index (χ0) is 21.1. The summed E-state index contributed by atoms with van der Waals surface area (Å²) in [6, 6.07) is 18.1. The number of carbonyl (C=O) groups excluding carboxylic acids is 1. The van der Waals surface area contributed by atoms with E-state index in [1.54, 1.807) is 4.68 Å². The third-order valence-electron chi connectivity index (χ3n) is 5.07. The lowest BCUT2D eigenvalue weighted by atomic mass is 10.1. The quantitative estimate of drug-likeness (QED) is 0.624. The van der Waals surface area contributed by atoms with E-state index in [-0.39, 0.29) is 22.8 Å². The van der Waals surface area contributed by atoms with Gasteiger partial charge in [0.25, 0.3) is 5.56 Å². The maximum atomic E-state index is 12.7. The number of hydrogen-bond donors (Lipinski definition) is 2. The van der Waals surface area contributed by atoms with Gasteiger partial charge in [-0.15, -0.1) is 11.8 Å². The second-order valence-corrected chi connectivity index (χ2v) is 8.65. The molecule has 1 amide bonds. The maximum absolute atomic E-state index is 12.7. The van der Waals surface area contributed by atoms with Crippen LogP contribution in [0.15, 0.2) is 59.4 Å². The second-order valence-electron chi connectivity index (χ2n) is 7.56. The third-order valence-corrected chi connectivity index (χ3v) is 6.34. The monoisotopic (exact) mass is 423 g/mol. The topological polar surface area (TPSA) is 76.1 Å². The SMILES string of the molecule is CC(C)n1[nH]c(=O)c2c1NC(=O)CS[C@H]2c1ccc(OCCc2ccccc2)cc1. The van der Waals surface area contributed by atoms with Gasteiger partial charge in [0.2, 0.25) is 5.91 Å². The van der Waals surface area contributed by atoms with Gasteiger partial charge in [-0.25, -0.2) is 0 Å². The number of aromatic amines is 1. The molecule has 1 aliphatic rings. The van der Waals surface area contributed by atoms with E-state index in [0.717, 1.165) is 17.7 Å². The first-order chi connectivity index (χ1) is 14.5. The molecule has 2 aromatic carbocycles. The molecular weight excluding hydrogens is 398 g/mol. The first kappa shape index (κ1) is 20.3. The zero-order valence-corrected chi connectivity index (χ0v) is 17.9. The summed E-state index contributed by atoms with van der Waals surface area (Å²) in [6.07, 6.45) is 0.844. The summed E-state index contributed by atoms with van der Waals surface area (Å²) < 4.78 is 7.61. The number of nitrogens with zero attached hydrogens (tertiary/aromatic N) is 1. The van der Waals surface area contributed by atoms with Gasteiger partial charge in [-0.1, -0.05) is 42.5 Å². The molecule has 2 N–H and O–H groups in total. The lowest BCUT2D eigenvalue weighted by Gasteiger charge is -2.15. The zero-order valence-electron chi connectivity index (χ0n) is 17.1. The van der Waals surface area contributed by atoms with E-state index in [1.165, 1.54) is 17.3 Å². The van der Waals surface area contributed by atoms with Crippen molar-refractivity contribution < 1.29 is 9.53 Å². The van der Waals surface area contributed by atoms with Crippen LogP contribution in [-0.2, 0) is 11.2 Å². The van der Waals surface area contributed by atoms with E-state index in [9.17, 15) is 9.59 Å². The number of anilines is 1. The number of nitrogens with one attached hydrogen (secondary N) is 2. The Morgan fingerprint density at radius 1 is 1.10 bits per heavy atom. The van der Waals surface area contributed by atoms with Crippen molar-refractivity contribution in [3.8, 4) is 5.75 Å². The number of benzene rings is 2. The van der Waals surface area contributed by atoms with Crippen molar-refractivity contribution >= 4 is 23.5 Å². The van der Waals surface area contributed by atoms with Gasteiger partial charge in [0.15, 0.2) is 0 Å². The van der Waals surface area contributed by atoms with Crippen molar-refractivity contribution in [2.45, 2.75) is 31.6 Å². The van der Waals surface area contributed by atoms with E-state index in [1.807, 2.05) is 56.3 Å². The summed E-state index contributed by atoms with van der Waals surface area (Å²) in [5.74, 6) is 1.55. The number of carbonyl (C=O) groups is 1. The number of amides is 1. The van der Waals surface area contributed by atoms with E-state index in [4.69, 9.17) is 4.74 Å². The molecule has 156 valence electrons. The molecule has 0 unspecified atom stereocenters. The first-order valence-corrected chi connectivity index (χ1v) is 11.1. The number of hydrogen-bond acceptors (Lipinski definition) is 4. The van der Waals surface area contributed by atoms with Gasteiger partial charge < -0.3 is 10.1 Å². The van der Waals surface area contributed by atoms with Crippen molar-refractivity contribution in [3.05, 3.63) is 81.6 Å². The van der Waals surface area contributed by atoms with Gasteiger partial charge in [0, 0.05) is 12.5 Å². The Hall–Kier alpha value is -2.93. The average Bonchev–Trinajstić information content (AvgIpc) is 2.95. The van der Waals surface area contributed by atoms with Gasteiger partial charge in [-0.05, 0) is 37.1 Å². The number of thioether (sulfide) groups is 1. The molecular formula is C23H25N3O3S. The molecule has 0 aliphatic carbocycles. The fourth-order valence-corrected chi connectivity index (χ4v) is 4.69. The summed E-state index contributed by atoms with van der Waals surface area (Å²) in [5, 5.41) is 5.54. The smallest absolute Gasteiger partial charge is 0.270 e. The van der Waals surface area contributed by atoms with Crippen LogP contribution in [0, 0.1) is 0 Å². The molecule has 1 aliphatic heterocycles. The van der Waals surface area contributed by atoms with Crippen LogP contribution in [-0.4, -0.2) is 28.0 Å². The highest BCUT2D eigenvalue weighted by molar-refractivity contribution is 8.00. The molecule has 1 aromatic heterocycles. The summed E-state index contributed by atoms with van der Waals surface area (Å²) >= 11 is 1.46. The van der Waals surface area contributed by atoms with Crippen molar-refractivity contribution in [2.75, 3.05) is 17.7 Å². The van der Waals surface area contributed by atoms with Crippen LogP contribution in [0.5, 0.6) is 5.75 Å². The third kappa shape index (κ3) is 4.31. The standard InChI is InChI=1S/C23H25N3O3S/c1-15(2)26-22-20(23(28)25-26)21(30-14-19(27)24-22)17-8-10-18(11-9-17)29-13-12-16-6-4-3-5-7-16/h3-11,15,21H,12-14H2,1-2H3,(H,24,27)(H,25,28)/t21-/m0/s1.